The van der Waals surface area contributed by atoms with E-state index in [2.05, 4.69) is 20.2 Å². The maximum Gasteiger partial charge on any atom is 0.167 e. The molecule has 0 aliphatic carbocycles. The number of rotatable bonds is 4. The van der Waals surface area contributed by atoms with Crippen molar-refractivity contribution >= 4 is 17.0 Å². The first kappa shape index (κ1) is 18.6. The third-order valence-corrected chi connectivity index (χ3v) is 5.50. The number of aromatic nitrogens is 4. The number of hydrogen-bond acceptors (Lipinski definition) is 5. The molecule has 0 saturated carbocycles. The van der Waals surface area contributed by atoms with Crippen molar-refractivity contribution in [3.63, 3.8) is 0 Å². The fourth-order valence-corrected chi connectivity index (χ4v) is 3.92. The molecule has 1 aromatic carbocycles. The molecule has 3 aromatic heterocycles. The van der Waals surface area contributed by atoms with Crippen LogP contribution in [-0.2, 0) is 0 Å². The number of fused-ring (bicyclic) bond motifs is 1. The topological polar surface area (TPSA) is 58.9 Å². The molecule has 1 aliphatic heterocycles. The smallest absolute Gasteiger partial charge is 0.167 e. The van der Waals surface area contributed by atoms with Crippen LogP contribution >= 0.6 is 0 Å². The Morgan fingerprint density at radius 1 is 1.03 bits per heavy atom. The summed E-state index contributed by atoms with van der Waals surface area (Å²) in [5, 5.41) is 3.31. The molecule has 152 valence electrons. The quantitative estimate of drug-likeness (QED) is 0.562. The number of nitrogens with zero attached hydrogens (tertiary/aromatic N) is 5. The van der Waals surface area contributed by atoms with Crippen molar-refractivity contribution in [1.82, 2.24) is 24.8 Å². The Labute approximate surface area is 172 Å². The molecule has 4 aromatic rings. The van der Waals surface area contributed by atoms with Crippen molar-refractivity contribution in [3.8, 4) is 17.1 Å². The Balaban J connectivity index is 1.70. The molecule has 30 heavy (non-hydrogen) atoms. The van der Waals surface area contributed by atoms with Crippen LogP contribution in [0.1, 0.15) is 6.42 Å². The summed E-state index contributed by atoms with van der Waals surface area (Å²) in [7, 11) is 1.97. The van der Waals surface area contributed by atoms with Gasteiger partial charge in [-0.25, -0.2) is 18.7 Å². The summed E-state index contributed by atoms with van der Waals surface area (Å²) < 4.78 is 29.9. The van der Waals surface area contributed by atoms with Gasteiger partial charge in [0.25, 0.3) is 0 Å². The van der Waals surface area contributed by atoms with Crippen LogP contribution < -0.4 is 10.2 Å². The second-order valence-corrected chi connectivity index (χ2v) is 7.33. The molecule has 1 N–H and O–H groups in total. The van der Waals surface area contributed by atoms with Crippen LogP contribution in [0.4, 0.5) is 14.6 Å². The zero-order valence-corrected chi connectivity index (χ0v) is 16.4. The highest BCUT2D eigenvalue weighted by molar-refractivity contribution is 5.81. The average molecular weight is 406 g/mol. The molecule has 6 nitrogen and oxygen atoms in total. The van der Waals surface area contributed by atoms with Crippen LogP contribution in [0.3, 0.4) is 0 Å². The maximum absolute atomic E-state index is 14.6. The van der Waals surface area contributed by atoms with Crippen molar-refractivity contribution in [2.75, 3.05) is 25.0 Å². The first-order valence-corrected chi connectivity index (χ1v) is 9.81. The van der Waals surface area contributed by atoms with Crippen LogP contribution in [0.25, 0.3) is 28.2 Å². The number of likely N-dealkylation sites (N-methyl/N-ethyl adjacent to an activating group) is 1. The maximum atomic E-state index is 14.6. The van der Waals surface area contributed by atoms with Gasteiger partial charge in [-0.3, -0.25) is 9.55 Å². The lowest BCUT2D eigenvalue weighted by Crippen LogP contribution is -2.29. The molecule has 0 bridgehead atoms. The van der Waals surface area contributed by atoms with Crippen molar-refractivity contribution < 1.29 is 8.78 Å². The summed E-state index contributed by atoms with van der Waals surface area (Å²) in [5.74, 6) is -0.0805. The van der Waals surface area contributed by atoms with Crippen LogP contribution in [0.2, 0.25) is 0 Å². The van der Waals surface area contributed by atoms with Crippen LogP contribution in [0, 0.1) is 11.6 Å². The lowest BCUT2D eigenvalue weighted by Gasteiger charge is -2.17. The second-order valence-electron chi connectivity index (χ2n) is 7.33. The van der Waals surface area contributed by atoms with Crippen molar-refractivity contribution in [2.24, 2.45) is 0 Å². The summed E-state index contributed by atoms with van der Waals surface area (Å²) in [6.45, 7) is 1.78. The molecular weight excluding hydrogens is 386 g/mol. The van der Waals surface area contributed by atoms with Crippen LogP contribution in [0.5, 0.6) is 0 Å². The van der Waals surface area contributed by atoms with Gasteiger partial charge in [-0.15, -0.1) is 0 Å². The fraction of sp³-hybridized carbons (Fsp3) is 0.227. The zero-order valence-electron chi connectivity index (χ0n) is 16.4. The highest BCUT2D eigenvalue weighted by atomic mass is 19.1. The molecule has 1 unspecified atom stereocenters. The minimum Gasteiger partial charge on any atom is -0.355 e. The van der Waals surface area contributed by atoms with Crippen LogP contribution in [-0.4, -0.2) is 45.7 Å². The van der Waals surface area contributed by atoms with Gasteiger partial charge in [0.1, 0.15) is 28.8 Å². The monoisotopic (exact) mass is 406 g/mol. The predicted molar refractivity (Wildman–Crippen MR) is 112 cm³/mol. The van der Waals surface area contributed by atoms with Gasteiger partial charge in [0.15, 0.2) is 5.65 Å². The number of anilines is 1. The normalized spacial score (nSPS) is 16.5. The second kappa shape index (κ2) is 7.46. The van der Waals surface area contributed by atoms with Gasteiger partial charge in [0.2, 0.25) is 0 Å². The first-order valence-electron chi connectivity index (χ1n) is 9.81. The molecule has 1 aliphatic rings. The van der Waals surface area contributed by atoms with E-state index in [4.69, 9.17) is 4.98 Å². The standard InChI is InChI=1S/C22H20F2N6/c1-25-15-8-11-29(13-15)20-5-4-19-22(28-20)30(16-6-9-26-10-7-16)21(27-19)17-3-2-14(23)12-18(17)24/h2-7,9-10,12,15,25H,8,11,13H2,1H3. The molecule has 8 heteroatoms. The van der Waals surface area contributed by atoms with Gasteiger partial charge in [0.05, 0.1) is 11.3 Å². The Hall–Kier alpha value is -3.39. The Bertz CT molecular complexity index is 1210. The minimum atomic E-state index is -0.669. The Morgan fingerprint density at radius 2 is 1.87 bits per heavy atom. The van der Waals surface area contributed by atoms with Gasteiger partial charge >= 0.3 is 0 Å². The molecule has 0 radical (unpaired) electrons. The molecule has 0 spiro atoms. The summed E-state index contributed by atoms with van der Waals surface area (Å²) in [5.41, 5.74) is 2.22. The van der Waals surface area contributed by atoms with E-state index in [1.54, 1.807) is 17.0 Å². The number of nitrogens with one attached hydrogen (secondary N) is 1. The number of imidazole rings is 1. The summed E-state index contributed by atoms with van der Waals surface area (Å²) in [6, 6.07) is 11.4. The lowest BCUT2D eigenvalue weighted by molar-refractivity contribution is 0.584. The molecule has 1 fully saturated rings. The Kier molecular flexibility index (Phi) is 4.63. The number of pyridine rings is 2. The molecule has 4 heterocycles. The molecule has 0 amide bonds. The lowest BCUT2D eigenvalue weighted by atomic mass is 10.2. The molecular formula is C22H20F2N6. The van der Waals surface area contributed by atoms with E-state index < -0.39 is 11.6 Å². The molecule has 1 atom stereocenters. The van der Waals surface area contributed by atoms with Gasteiger partial charge in [-0.1, -0.05) is 0 Å². The van der Waals surface area contributed by atoms with E-state index in [0.717, 1.165) is 37.1 Å². The van der Waals surface area contributed by atoms with Gasteiger partial charge in [-0.2, -0.15) is 0 Å². The zero-order chi connectivity index (χ0) is 20.7. The average Bonchev–Trinajstić information content (AvgIpc) is 3.38. The highest BCUT2D eigenvalue weighted by Crippen LogP contribution is 2.31. The molecule has 1 saturated heterocycles. The van der Waals surface area contributed by atoms with E-state index in [1.165, 1.54) is 12.1 Å². The number of halogens is 2. The van der Waals surface area contributed by atoms with E-state index in [1.807, 2.05) is 31.3 Å². The van der Waals surface area contributed by atoms with Crippen molar-refractivity contribution in [2.45, 2.75) is 12.5 Å². The van der Waals surface area contributed by atoms with E-state index in [9.17, 15) is 8.78 Å². The minimum absolute atomic E-state index is 0.212. The SMILES string of the molecule is CNC1CCN(c2ccc3nc(-c4ccc(F)cc4F)n(-c4ccncc4)c3n2)C1. The third-order valence-electron chi connectivity index (χ3n) is 5.50. The van der Waals surface area contributed by atoms with Crippen molar-refractivity contribution in [1.29, 1.82) is 0 Å². The van der Waals surface area contributed by atoms with Gasteiger partial charge in [0, 0.05) is 37.6 Å². The van der Waals surface area contributed by atoms with E-state index in [-0.39, 0.29) is 5.56 Å². The fourth-order valence-electron chi connectivity index (χ4n) is 3.92. The molecule has 5 rings (SSSR count). The van der Waals surface area contributed by atoms with E-state index in [0.29, 0.717) is 23.0 Å². The van der Waals surface area contributed by atoms with Gasteiger partial charge in [-0.05, 0) is 49.9 Å². The van der Waals surface area contributed by atoms with E-state index >= 15 is 0 Å². The largest absolute Gasteiger partial charge is 0.355 e. The van der Waals surface area contributed by atoms with Gasteiger partial charge < -0.3 is 10.2 Å². The number of hydrogen-bond donors (Lipinski definition) is 1. The summed E-state index contributed by atoms with van der Waals surface area (Å²) in [6.07, 6.45) is 4.37. The number of benzene rings is 1. The third kappa shape index (κ3) is 3.19. The summed E-state index contributed by atoms with van der Waals surface area (Å²) in [4.78, 5) is 15.8. The Morgan fingerprint density at radius 3 is 2.60 bits per heavy atom. The summed E-state index contributed by atoms with van der Waals surface area (Å²) >= 11 is 0. The van der Waals surface area contributed by atoms with Crippen molar-refractivity contribution in [3.05, 3.63) is 66.5 Å². The predicted octanol–water partition coefficient (Wildman–Crippen LogP) is 3.56. The highest BCUT2D eigenvalue weighted by Gasteiger charge is 2.24. The first-order chi connectivity index (χ1) is 14.6. The van der Waals surface area contributed by atoms with Crippen LogP contribution in [0.15, 0.2) is 54.9 Å².